The molecule has 4 nitrogen and oxygen atoms in total. The quantitative estimate of drug-likeness (QED) is 0.745. The number of amides is 1. The van der Waals surface area contributed by atoms with Crippen molar-refractivity contribution in [1.82, 2.24) is 0 Å². The fourth-order valence-electron chi connectivity index (χ4n) is 0.800. The van der Waals surface area contributed by atoms with Crippen molar-refractivity contribution in [1.29, 1.82) is 0 Å². The number of ether oxygens (including phenoxy) is 1. The number of methoxy groups -OCH3 is 1. The Labute approximate surface area is 84.2 Å². The van der Waals surface area contributed by atoms with Gasteiger partial charge in [-0.05, 0) is 34.1 Å². The predicted molar refractivity (Wildman–Crippen MR) is 54.6 cm³/mol. The zero-order valence-corrected chi connectivity index (χ0v) is 8.59. The summed E-state index contributed by atoms with van der Waals surface area (Å²) in [6.45, 7) is 0. The summed E-state index contributed by atoms with van der Waals surface area (Å²) < 4.78 is 5.19. The van der Waals surface area contributed by atoms with E-state index in [0.717, 1.165) is 4.47 Å². The van der Waals surface area contributed by atoms with Crippen LogP contribution in [0.25, 0.3) is 0 Å². The molecule has 0 atom stereocenters. The highest BCUT2D eigenvalue weighted by Crippen LogP contribution is 2.24. The second kappa shape index (κ2) is 4.13. The molecule has 0 saturated heterocycles. The number of nitrogens with one attached hydrogen (secondary N) is 1. The largest absolute Gasteiger partial charge is 0.453 e. The van der Waals surface area contributed by atoms with Crippen LogP contribution >= 0.6 is 15.9 Å². The van der Waals surface area contributed by atoms with Crippen LogP contribution in [0.4, 0.5) is 16.2 Å². The molecule has 3 N–H and O–H groups in total. The van der Waals surface area contributed by atoms with Gasteiger partial charge >= 0.3 is 6.09 Å². The summed E-state index contributed by atoms with van der Waals surface area (Å²) in [4.78, 5) is 10.8. The van der Waals surface area contributed by atoms with Crippen LogP contribution in [0.2, 0.25) is 0 Å². The van der Waals surface area contributed by atoms with Crippen molar-refractivity contribution in [2.24, 2.45) is 0 Å². The number of rotatable bonds is 1. The maximum absolute atomic E-state index is 10.8. The number of carbonyl (C=O) groups excluding carboxylic acids is 1. The van der Waals surface area contributed by atoms with Gasteiger partial charge in [0.15, 0.2) is 0 Å². The minimum atomic E-state index is -0.522. The fraction of sp³-hybridized carbons (Fsp3) is 0.125. The zero-order chi connectivity index (χ0) is 9.84. The molecular weight excluding hydrogens is 236 g/mol. The van der Waals surface area contributed by atoms with Crippen LogP contribution in [0, 0.1) is 0 Å². The molecule has 0 heterocycles. The number of nitrogens with two attached hydrogens (primary N) is 1. The molecule has 0 spiro atoms. The van der Waals surface area contributed by atoms with Crippen LogP contribution in [0.15, 0.2) is 22.7 Å². The highest BCUT2D eigenvalue weighted by Gasteiger charge is 2.04. The number of benzene rings is 1. The van der Waals surface area contributed by atoms with E-state index in [4.69, 9.17) is 5.73 Å². The summed E-state index contributed by atoms with van der Waals surface area (Å²) in [5, 5.41) is 2.51. The summed E-state index contributed by atoms with van der Waals surface area (Å²) in [7, 11) is 1.30. The Morgan fingerprint density at radius 2 is 2.31 bits per heavy atom. The van der Waals surface area contributed by atoms with Gasteiger partial charge in [0.25, 0.3) is 0 Å². The molecule has 0 aliphatic carbocycles. The highest BCUT2D eigenvalue weighted by atomic mass is 79.9. The first-order valence-corrected chi connectivity index (χ1v) is 4.33. The summed E-state index contributed by atoms with van der Waals surface area (Å²) >= 11 is 3.26. The van der Waals surface area contributed by atoms with E-state index in [9.17, 15) is 4.79 Å². The maximum Gasteiger partial charge on any atom is 0.411 e. The first kappa shape index (κ1) is 9.85. The molecule has 0 aliphatic rings. The molecule has 1 aromatic rings. The van der Waals surface area contributed by atoms with Crippen LogP contribution in [-0.4, -0.2) is 13.2 Å². The monoisotopic (exact) mass is 244 g/mol. The summed E-state index contributed by atoms with van der Waals surface area (Å²) in [6, 6.07) is 5.12. The molecule has 1 rings (SSSR count). The number of carbonyl (C=O) groups is 1. The van der Waals surface area contributed by atoms with Crippen molar-refractivity contribution < 1.29 is 9.53 Å². The van der Waals surface area contributed by atoms with E-state index in [1.165, 1.54) is 7.11 Å². The second-order valence-corrected chi connectivity index (χ2v) is 3.21. The van der Waals surface area contributed by atoms with Crippen molar-refractivity contribution in [3.63, 3.8) is 0 Å². The molecule has 1 aromatic carbocycles. The normalized spacial score (nSPS) is 9.38. The zero-order valence-electron chi connectivity index (χ0n) is 7.00. The minimum absolute atomic E-state index is 0.522. The lowest BCUT2D eigenvalue weighted by Gasteiger charge is -2.06. The molecule has 5 heteroatoms. The Balaban J connectivity index is 2.87. The molecule has 70 valence electrons. The third kappa shape index (κ3) is 2.62. The minimum Gasteiger partial charge on any atom is -0.453 e. The van der Waals surface area contributed by atoms with Gasteiger partial charge in [0, 0.05) is 10.2 Å². The summed E-state index contributed by atoms with van der Waals surface area (Å²) in [5.74, 6) is 0. The van der Waals surface area contributed by atoms with Crippen molar-refractivity contribution in [3.8, 4) is 0 Å². The van der Waals surface area contributed by atoms with Gasteiger partial charge in [-0.2, -0.15) is 0 Å². The number of anilines is 2. The molecule has 0 aliphatic heterocycles. The molecule has 13 heavy (non-hydrogen) atoms. The predicted octanol–water partition coefficient (Wildman–Crippen LogP) is 2.21. The van der Waals surface area contributed by atoms with Gasteiger partial charge in [-0.15, -0.1) is 0 Å². The number of nitrogen functional groups attached to an aromatic ring is 1. The SMILES string of the molecule is COC(=O)Nc1cc(N)ccc1Br. The van der Waals surface area contributed by atoms with E-state index in [1.807, 2.05) is 0 Å². The van der Waals surface area contributed by atoms with Crippen LogP contribution in [0.3, 0.4) is 0 Å². The van der Waals surface area contributed by atoms with E-state index in [-0.39, 0.29) is 0 Å². The molecule has 0 saturated carbocycles. The Bertz CT molecular complexity index is 328. The lowest BCUT2D eigenvalue weighted by Crippen LogP contribution is -2.11. The molecule has 0 unspecified atom stereocenters. The second-order valence-electron chi connectivity index (χ2n) is 2.36. The molecule has 0 radical (unpaired) electrons. The van der Waals surface area contributed by atoms with Crippen molar-refractivity contribution in [2.75, 3.05) is 18.2 Å². The number of halogens is 1. The third-order valence-corrected chi connectivity index (χ3v) is 2.10. The average Bonchev–Trinajstić information content (AvgIpc) is 2.11. The van der Waals surface area contributed by atoms with Crippen LogP contribution in [-0.2, 0) is 4.74 Å². The Kier molecular flexibility index (Phi) is 3.13. The topological polar surface area (TPSA) is 64.3 Å². The Hall–Kier alpha value is -1.23. The molecule has 1 amide bonds. The molecule has 0 fully saturated rings. The first-order valence-electron chi connectivity index (χ1n) is 3.53. The van der Waals surface area contributed by atoms with Crippen molar-refractivity contribution >= 4 is 33.4 Å². The first-order chi connectivity index (χ1) is 6.13. The maximum atomic E-state index is 10.8. The van der Waals surface area contributed by atoms with E-state index in [1.54, 1.807) is 18.2 Å². The van der Waals surface area contributed by atoms with E-state index in [2.05, 4.69) is 26.0 Å². The molecular formula is C8H9BrN2O2. The van der Waals surface area contributed by atoms with Crippen molar-refractivity contribution in [3.05, 3.63) is 22.7 Å². The van der Waals surface area contributed by atoms with E-state index in [0.29, 0.717) is 11.4 Å². The van der Waals surface area contributed by atoms with Gasteiger partial charge in [-0.25, -0.2) is 4.79 Å². The average molecular weight is 245 g/mol. The van der Waals surface area contributed by atoms with Gasteiger partial charge in [-0.3, -0.25) is 5.32 Å². The Morgan fingerprint density at radius 1 is 1.62 bits per heavy atom. The van der Waals surface area contributed by atoms with Gasteiger partial charge < -0.3 is 10.5 Å². The van der Waals surface area contributed by atoms with Gasteiger partial charge in [0.1, 0.15) is 0 Å². The van der Waals surface area contributed by atoms with Gasteiger partial charge in [0.2, 0.25) is 0 Å². The number of hydrogen-bond donors (Lipinski definition) is 2. The number of hydrogen-bond acceptors (Lipinski definition) is 3. The van der Waals surface area contributed by atoms with Crippen LogP contribution in [0.1, 0.15) is 0 Å². The van der Waals surface area contributed by atoms with E-state index < -0.39 is 6.09 Å². The highest BCUT2D eigenvalue weighted by molar-refractivity contribution is 9.10. The standard InChI is InChI=1S/C8H9BrN2O2/c1-13-8(12)11-7-4-5(10)2-3-6(7)9/h2-4H,10H2,1H3,(H,11,12). The van der Waals surface area contributed by atoms with E-state index >= 15 is 0 Å². The van der Waals surface area contributed by atoms with Crippen molar-refractivity contribution in [2.45, 2.75) is 0 Å². The lowest BCUT2D eigenvalue weighted by molar-refractivity contribution is 0.187. The smallest absolute Gasteiger partial charge is 0.411 e. The van der Waals surface area contributed by atoms with Crippen LogP contribution < -0.4 is 11.1 Å². The Morgan fingerprint density at radius 3 is 2.92 bits per heavy atom. The fourth-order valence-corrected chi connectivity index (χ4v) is 1.15. The summed E-state index contributed by atoms with van der Waals surface area (Å²) in [5.41, 5.74) is 6.70. The summed E-state index contributed by atoms with van der Waals surface area (Å²) in [6.07, 6.45) is -0.522. The molecule has 0 aromatic heterocycles. The van der Waals surface area contributed by atoms with Gasteiger partial charge in [-0.1, -0.05) is 0 Å². The van der Waals surface area contributed by atoms with Crippen LogP contribution in [0.5, 0.6) is 0 Å². The van der Waals surface area contributed by atoms with Gasteiger partial charge in [0.05, 0.1) is 12.8 Å². The third-order valence-electron chi connectivity index (χ3n) is 1.41. The molecule has 0 bridgehead atoms. The lowest BCUT2D eigenvalue weighted by atomic mass is 10.3.